The highest BCUT2D eigenvalue weighted by Gasteiger charge is 2.31. The predicted molar refractivity (Wildman–Crippen MR) is 241 cm³/mol. The molecule has 2 N–H and O–H groups in total. The van der Waals surface area contributed by atoms with Crippen molar-refractivity contribution in [1.29, 1.82) is 0 Å². The molecule has 0 saturated carbocycles. The number of amides is 1. The summed E-state index contributed by atoms with van der Waals surface area (Å²) in [5, 5.41) is 10.0. The maximum absolute atomic E-state index is 13.1. The van der Waals surface area contributed by atoms with Crippen LogP contribution in [-0.4, -0.2) is 53.7 Å². The van der Waals surface area contributed by atoms with Gasteiger partial charge in [0.1, 0.15) is 11.2 Å². The van der Waals surface area contributed by atoms with Crippen LogP contribution in [0.4, 0.5) is 9.59 Å². The minimum absolute atomic E-state index is 0. The first kappa shape index (κ1) is 50.5. The normalized spacial score (nSPS) is 10.7. The van der Waals surface area contributed by atoms with Crippen LogP contribution in [0.2, 0.25) is 0 Å². The average Bonchev–Trinajstić information content (AvgIpc) is 3.67. The molecule has 0 fully saturated rings. The summed E-state index contributed by atoms with van der Waals surface area (Å²) >= 11 is 3.31. The fourth-order valence-electron chi connectivity index (χ4n) is 5.56. The average molecular weight is 904 g/mol. The molecule has 1 amide bonds. The standard InChI is InChI=1S/C26H31N3O5S.C16H15N3OS.3ClH/c1-17-20(16-29(23(30)32-25(2,3)4)34-24(31)33-26(5,6)7)22(19-10-14-28-15-11-19)35-21(17)18-8-12-27-13-9-18;1-11-14(10-19-20)16(13-4-8-18-9-5-13)21-15(11)12-2-6-17-7-3-12;;;/h8-15H,16H2,1-7H3;2-9,19-20H,10H2,1H3;3*1H. The Morgan fingerprint density at radius 3 is 1.29 bits per heavy atom. The second-order valence-electron chi connectivity index (χ2n) is 14.6. The molecule has 0 saturated heterocycles. The van der Waals surface area contributed by atoms with Crippen molar-refractivity contribution in [3.8, 4) is 41.8 Å². The van der Waals surface area contributed by atoms with Crippen LogP contribution in [0.3, 0.4) is 0 Å². The fraction of sp³-hybridized carbons (Fsp3) is 0.286. The quantitative estimate of drug-likeness (QED) is 0.111. The minimum atomic E-state index is -0.990. The first-order chi connectivity index (χ1) is 26.6. The van der Waals surface area contributed by atoms with Crippen LogP contribution >= 0.6 is 59.9 Å². The Bertz CT molecular complexity index is 2220. The van der Waals surface area contributed by atoms with E-state index < -0.39 is 23.5 Å². The van der Waals surface area contributed by atoms with E-state index in [1.165, 1.54) is 10.4 Å². The van der Waals surface area contributed by atoms with Crippen LogP contribution in [-0.2, 0) is 27.4 Å². The van der Waals surface area contributed by atoms with Crippen LogP contribution in [0, 0.1) is 13.8 Å². The van der Waals surface area contributed by atoms with Crippen molar-refractivity contribution in [3.05, 3.63) is 120 Å². The topological polar surface area (TPSA) is 149 Å². The summed E-state index contributed by atoms with van der Waals surface area (Å²) in [6.45, 7) is 14.9. The van der Waals surface area contributed by atoms with E-state index in [9.17, 15) is 9.59 Å². The van der Waals surface area contributed by atoms with Gasteiger partial charge < -0.3 is 14.7 Å². The summed E-state index contributed by atoms with van der Waals surface area (Å²) in [4.78, 5) is 51.6. The Labute approximate surface area is 371 Å². The number of aromatic nitrogens is 4. The zero-order valence-corrected chi connectivity index (χ0v) is 38.0. The summed E-state index contributed by atoms with van der Waals surface area (Å²) in [7, 11) is 0. The van der Waals surface area contributed by atoms with Gasteiger partial charge in [0.05, 0.1) is 6.54 Å². The van der Waals surface area contributed by atoms with Gasteiger partial charge in [-0.1, -0.05) is 0 Å². The number of halogens is 3. The maximum atomic E-state index is 13.1. The number of ether oxygens (including phenoxy) is 2. The molecule has 17 heteroatoms. The molecule has 6 aromatic rings. The Kier molecular flexibility index (Phi) is 19.4. The van der Waals surface area contributed by atoms with E-state index in [0.717, 1.165) is 58.6 Å². The molecule has 0 unspecified atom stereocenters. The van der Waals surface area contributed by atoms with Gasteiger partial charge in [0.2, 0.25) is 0 Å². The summed E-state index contributed by atoms with van der Waals surface area (Å²) < 4.78 is 10.8. The first-order valence-corrected chi connectivity index (χ1v) is 19.4. The Balaban J connectivity index is 0.000000429. The summed E-state index contributed by atoms with van der Waals surface area (Å²) in [6, 6.07) is 15.7. The van der Waals surface area contributed by atoms with Crippen molar-refractivity contribution < 1.29 is 29.1 Å². The number of hydroxylamine groups is 3. The highest BCUT2D eigenvalue weighted by Crippen LogP contribution is 2.43. The highest BCUT2D eigenvalue weighted by atomic mass is 35.5. The second kappa shape index (κ2) is 22.6. The van der Waals surface area contributed by atoms with Crippen LogP contribution in [0.15, 0.2) is 98.1 Å². The number of nitrogens with zero attached hydrogens (tertiary/aromatic N) is 5. The van der Waals surface area contributed by atoms with Crippen molar-refractivity contribution >= 4 is 72.1 Å². The number of rotatable bonds is 8. The molecule has 0 aliphatic heterocycles. The number of carbonyl (C=O) groups excluding carboxylic acids is 2. The molecule has 0 radical (unpaired) electrons. The molecule has 12 nitrogen and oxygen atoms in total. The lowest BCUT2D eigenvalue weighted by Gasteiger charge is -2.27. The third-order valence-electron chi connectivity index (χ3n) is 8.04. The van der Waals surface area contributed by atoms with Gasteiger partial charge in [-0.05, 0) is 148 Å². The maximum Gasteiger partial charge on any atom is 0.534 e. The van der Waals surface area contributed by atoms with Crippen LogP contribution < -0.4 is 5.48 Å². The highest BCUT2D eigenvalue weighted by molar-refractivity contribution is 7.19. The molecule has 59 heavy (non-hydrogen) atoms. The molecule has 0 spiro atoms. The molecule has 0 aliphatic carbocycles. The molecule has 0 aromatic carbocycles. The number of pyridine rings is 4. The smallest absolute Gasteiger partial charge is 0.442 e. The van der Waals surface area contributed by atoms with Gasteiger partial charge in [-0.15, -0.1) is 65.0 Å². The molecular weight excluding hydrogens is 855 g/mol. The molecule has 0 aliphatic rings. The third kappa shape index (κ3) is 14.0. The van der Waals surface area contributed by atoms with Crippen molar-refractivity contribution in [2.45, 2.75) is 79.7 Å². The number of hydrogen-bond acceptors (Lipinski definition) is 13. The number of nitrogens with one attached hydrogen (secondary N) is 1. The zero-order chi connectivity index (χ0) is 40.5. The first-order valence-electron chi connectivity index (χ1n) is 17.8. The monoisotopic (exact) mass is 902 g/mol. The van der Waals surface area contributed by atoms with E-state index in [1.54, 1.807) is 114 Å². The predicted octanol–water partition coefficient (Wildman–Crippen LogP) is 11.7. The van der Waals surface area contributed by atoms with Gasteiger partial charge in [0, 0.05) is 75.6 Å². The van der Waals surface area contributed by atoms with Gasteiger partial charge in [-0.2, -0.15) is 0 Å². The fourth-order valence-corrected chi connectivity index (χ4v) is 8.22. The van der Waals surface area contributed by atoms with E-state index in [4.69, 9.17) is 19.5 Å². The molecule has 6 rings (SSSR count). The Morgan fingerprint density at radius 1 is 0.593 bits per heavy atom. The lowest BCUT2D eigenvalue weighted by atomic mass is 10.0. The summed E-state index contributed by atoms with van der Waals surface area (Å²) in [6.07, 6.45) is 12.3. The van der Waals surface area contributed by atoms with E-state index in [1.807, 2.05) is 55.5 Å². The van der Waals surface area contributed by atoms with Crippen LogP contribution in [0.5, 0.6) is 0 Å². The van der Waals surface area contributed by atoms with Gasteiger partial charge in [-0.25, -0.2) is 15.1 Å². The molecule has 6 aromatic heterocycles. The zero-order valence-electron chi connectivity index (χ0n) is 33.9. The molecule has 0 bridgehead atoms. The Hall–Kier alpha value is -4.67. The van der Waals surface area contributed by atoms with Crippen molar-refractivity contribution in [1.82, 2.24) is 30.5 Å². The molecular formula is C42H49Cl3N6O6S2. The van der Waals surface area contributed by atoms with Crippen LogP contribution in [0.1, 0.15) is 63.8 Å². The second-order valence-corrected chi connectivity index (χ2v) is 16.6. The number of hydrogen-bond donors (Lipinski definition) is 2. The van der Waals surface area contributed by atoms with E-state index in [0.29, 0.717) is 6.54 Å². The van der Waals surface area contributed by atoms with Gasteiger partial charge in [-0.3, -0.25) is 24.8 Å². The summed E-state index contributed by atoms with van der Waals surface area (Å²) in [5.41, 5.74) is 8.97. The summed E-state index contributed by atoms with van der Waals surface area (Å²) in [5.74, 6) is 0. The lowest BCUT2D eigenvalue weighted by Crippen LogP contribution is -2.39. The molecule has 0 atom stereocenters. The van der Waals surface area contributed by atoms with Crippen molar-refractivity contribution in [2.24, 2.45) is 0 Å². The minimum Gasteiger partial charge on any atom is -0.442 e. The van der Waals surface area contributed by atoms with E-state index in [-0.39, 0.29) is 43.8 Å². The lowest BCUT2D eigenvalue weighted by molar-refractivity contribution is -0.140. The van der Waals surface area contributed by atoms with Gasteiger partial charge in [0.15, 0.2) is 0 Å². The SMILES string of the molecule is Cc1c(-c2ccncc2)sc(-c2ccncc2)c1CN(OC(=O)OC(C)(C)C)C(=O)OC(C)(C)C.Cc1c(-c2ccncc2)sc(-c2ccncc2)c1CNO.Cl.Cl.Cl. The van der Waals surface area contributed by atoms with Crippen LogP contribution in [0.25, 0.3) is 41.8 Å². The van der Waals surface area contributed by atoms with E-state index in [2.05, 4.69) is 32.3 Å². The molecule has 316 valence electrons. The van der Waals surface area contributed by atoms with Gasteiger partial charge in [0.25, 0.3) is 0 Å². The number of thiophene rings is 2. The van der Waals surface area contributed by atoms with Gasteiger partial charge >= 0.3 is 12.2 Å². The van der Waals surface area contributed by atoms with Crippen molar-refractivity contribution in [2.75, 3.05) is 0 Å². The van der Waals surface area contributed by atoms with E-state index >= 15 is 0 Å². The third-order valence-corrected chi connectivity index (χ3v) is 10.9. The largest absolute Gasteiger partial charge is 0.534 e. The molecule has 6 heterocycles. The van der Waals surface area contributed by atoms with Crippen molar-refractivity contribution in [3.63, 3.8) is 0 Å². The Morgan fingerprint density at radius 2 is 0.932 bits per heavy atom. The number of carbonyl (C=O) groups is 2.